The van der Waals surface area contributed by atoms with Gasteiger partial charge in [-0.15, -0.1) is 0 Å². The van der Waals surface area contributed by atoms with Gasteiger partial charge in [0, 0.05) is 11.8 Å². The Balaban J connectivity index is 2.19. The molecule has 3 atom stereocenters. The summed E-state index contributed by atoms with van der Waals surface area (Å²) in [4.78, 5) is 12.8. The molecular weight excluding hydrogens is 308 g/mol. The van der Waals surface area contributed by atoms with Gasteiger partial charge in [0.05, 0.1) is 7.11 Å². The number of hydrogen-bond acceptors (Lipinski definition) is 2. The third-order valence-electron chi connectivity index (χ3n) is 6.55. The SMILES string of the molecule is C=C(C)C1CC(=O)C(C)=C(C2(C)CCCc3ccc(OC)cc32)C1C. The van der Waals surface area contributed by atoms with Crippen molar-refractivity contribution < 1.29 is 9.53 Å². The van der Waals surface area contributed by atoms with Crippen LogP contribution >= 0.6 is 0 Å². The van der Waals surface area contributed by atoms with Crippen LogP contribution in [-0.4, -0.2) is 12.9 Å². The maximum Gasteiger partial charge on any atom is 0.159 e. The molecular formula is C23H30O2. The molecule has 3 unspecified atom stereocenters. The fraction of sp³-hybridized carbons (Fsp3) is 0.522. The first-order chi connectivity index (χ1) is 11.8. The standard InChI is InChI=1S/C23H30O2/c1-14(2)19-13-21(24)16(4)22(15(19)3)23(5)11-7-8-17-9-10-18(25-6)12-20(17)23/h9-10,12,15,19H,1,7-8,11,13H2,2-6H3. The number of carbonyl (C=O) groups is 1. The summed E-state index contributed by atoms with van der Waals surface area (Å²) in [6.45, 7) is 12.9. The van der Waals surface area contributed by atoms with Crippen molar-refractivity contribution in [2.75, 3.05) is 7.11 Å². The molecule has 2 nitrogen and oxygen atoms in total. The monoisotopic (exact) mass is 338 g/mol. The normalized spacial score (nSPS) is 29.4. The number of methoxy groups -OCH3 is 1. The van der Waals surface area contributed by atoms with Gasteiger partial charge in [-0.2, -0.15) is 0 Å². The number of hydrogen-bond donors (Lipinski definition) is 0. The van der Waals surface area contributed by atoms with Crippen LogP contribution in [0.15, 0.2) is 41.5 Å². The summed E-state index contributed by atoms with van der Waals surface area (Å²) in [5.41, 5.74) is 6.06. The molecule has 0 bridgehead atoms. The van der Waals surface area contributed by atoms with Crippen molar-refractivity contribution in [3.63, 3.8) is 0 Å². The highest BCUT2D eigenvalue weighted by Crippen LogP contribution is 2.51. The average molecular weight is 338 g/mol. The lowest BCUT2D eigenvalue weighted by atomic mass is 9.58. The van der Waals surface area contributed by atoms with Crippen molar-refractivity contribution in [3.8, 4) is 5.75 Å². The fourth-order valence-electron chi connectivity index (χ4n) is 5.20. The Kier molecular flexibility index (Phi) is 4.66. The van der Waals surface area contributed by atoms with E-state index in [4.69, 9.17) is 4.74 Å². The van der Waals surface area contributed by atoms with E-state index in [1.807, 2.05) is 6.92 Å². The van der Waals surface area contributed by atoms with Crippen LogP contribution in [0.5, 0.6) is 5.75 Å². The molecule has 0 amide bonds. The largest absolute Gasteiger partial charge is 0.497 e. The van der Waals surface area contributed by atoms with E-state index in [-0.39, 0.29) is 17.1 Å². The molecule has 1 aromatic rings. The zero-order valence-corrected chi connectivity index (χ0v) is 16.2. The first kappa shape index (κ1) is 18.0. The minimum Gasteiger partial charge on any atom is -0.497 e. The summed E-state index contributed by atoms with van der Waals surface area (Å²) in [7, 11) is 1.72. The zero-order valence-electron chi connectivity index (χ0n) is 16.2. The number of fused-ring (bicyclic) bond motifs is 1. The maximum absolute atomic E-state index is 12.8. The van der Waals surface area contributed by atoms with E-state index in [0.717, 1.165) is 36.2 Å². The molecule has 0 aromatic heterocycles. The third-order valence-corrected chi connectivity index (χ3v) is 6.55. The second-order valence-electron chi connectivity index (χ2n) is 8.12. The molecule has 0 saturated heterocycles. The minimum absolute atomic E-state index is 0.102. The summed E-state index contributed by atoms with van der Waals surface area (Å²) in [6.07, 6.45) is 3.95. The lowest BCUT2D eigenvalue weighted by Crippen LogP contribution is -2.39. The predicted octanol–water partition coefficient (Wildman–Crippen LogP) is 5.41. The number of aryl methyl sites for hydroxylation is 1. The van der Waals surface area contributed by atoms with E-state index in [9.17, 15) is 4.79 Å². The lowest BCUT2D eigenvalue weighted by Gasteiger charge is -2.45. The number of Topliss-reactive ketones (excluding diaryl/α,β-unsaturated/α-hetero) is 1. The molecule has 3 rings (SSSR count). The van der Waals surface area contributed by atoms with Crippen molar-refractivity contribution in [2.45, 2.75) is 58.8 Å². The van der Waals surface area contributed by atoms with E-state index in [2.05, 4.69) is 45.5 Å². The van der Waals surface area contributed by atoms with Crippen LogP contribution in [0.2, 0.25) is 0 Å². The molecule has 2 aliphatic carbocycles. The second-order valence-corrected chi connectivity index (χ2v) is 8.12. The molecule has 0 aliphatic heterocycles. The molecule has 134 valence electrons. The summed E-state index contributed by atoms with van der Waals surface area (Å²) in [5, 5.41) is 0. The van der Waals surface area contributed by atoms with Crippen LogP contribution in [0.4, 0.5) is 0 Å². The highest BCUT2D eigenvalue weighted by atomic mass is 16.5. The number of carbonyl (C=O) groups excluding carboxylic acids is 1. The molecule has 25 heavy (non-hydrogen) atoms. The lowest BCUT2D eigenvalue weighted by molar-refractivity contribution is -0.117. The molecule has 1 aromatic carbocycles. The van der Waals surface area contributed by atoms with Gasteiger partial charge < -0.3 is 4.74 Å². The second kappa shape index (κ2) is 6.48. The van der Waals surface area contributed by atoms with Gasteiger partial charge in [0.25, 0.3) is 0 Å². The molecule has 2 aliphatic rings. The van der Waals surface area contributed by atoms with Crippen molar-refractivity contribution in [2.24, 2.45) is 11.8 Å². The van der Waals surface area contributed by atoms with Gasteiger partial charge in [-0.05, 0) is 79.4 Å². The number of ether oxygens (including phenoxy) is 1. The highest BCUT2D eigenvalue weighted by molar-refractivity contribution is 5.97. The van der Waals surface area contributed by atoms with E-state index < -0.39 is 0 Å². The Bertz CT molecular complexity index is 755. The number of benzene rings is 1. The van der Waals surface area contributed by atoms with Gasteiger partial charge in [0.15, 0.2) is 5.78 Å². The van der Waals surface area contributed by atoms with Crippen molar-refractivity contribution >= 4 is 5.78 Å². The third kappa shape index (κ3) is 2.86. The van der Waals surface area contributed by atoms with Gasteiger partial charge in [-0.3, -0.25) is 4.79 Å². The van der Waals surface area contributed by atoms with Crippen LogP contribution in [-0.2, 0) is 16.6 Å². The summed E-state index contributed by atoms with van der Waals surface area (Å²) >= 11 is 0. The van der Waals surface area contributed by atoms with Crippen LogP contribution in [0, 0.1) is 11.8 Å². The number of ketones is 1. The Morgan fingerprint density at radius 2 is 2.08 bits per heavy atom. The van der Waals surface area contributed by atoms with Gasteiger partial charge in [-0.1, -0.05) is 32.1 Å². The summed E-state index contributed by atoms with van der Waals surface area (Å²) < 4.78 is 5.50. The average Bonchev–Trinajstić information content (AvgIpc) is 2.58. The Hall–Kier alpha value is -1.83. The Morgan fingerprint density at radius 1 is 1.36 bits per heavy atom. The Morgan fingerprint density at radius 3 is 2.72 bits per heavy atom. The highest BCUT2D eigenvalue weighted by Gasteiger charge is 2.44. The first-order valence-corrected chi connectivity index (χ1v) is 9.37. The van der Waals surface area contributed by atoms with Gasteiger partial charge in [-0.25, -0.2) is 0 Å². The Labute approximate surface area is 152 Å². The van der Waals surface area contributed by atoms with Gasteiger partial charge in [0.1, 0.15) is 5.75 Å². The van der Waals surface area contributed by atoms with E-state index >= 15 is 0 Å². The molecule has 2 heteroatoms. The smallest absolute Gasteiger partial charge is 0.159 e. The van der Waals surface area contributed by atoms with Gasteiger partial charge >= 0.3 is 0 Å². The number of allylic oxidation sites excluding steroid dienone is 3. The van der Waals surface area contributed by atoms with Crippen LogP contribution in [0.3, 0.4) is 0 Å². The predicted molar refractivity (Wildman–Crippen MR) is 103 cm³/mol. The van der Waals surface area contributed by atoms with Crippen molar-refractivity contribution in [3.05, 3.63) is 52.6 Å². The fourth-order valence-corrected chi connectivity index (χ4v) is 5.20. The van der Waals surface area contributed by atoms with Crippen LogP contribution in [0.1, 0.15) is 58.1 Å². The zero-order chi connectivity index (χ0) is 18.4. The molecule has 0 saturated carbocycles. The maximum atomic E-state index is 12.8. The number of rotatable bonds is 3. The molecule has 0 radical (unpaired) electrons. The molecule has 0 heterocycles. The van der Waals surface area contributed by atoms with E-state index in [0.29, 0.717) is 12.3 Å². The molecule has 0 N–H and O–H groups in total. The van der Waals surface area contributed by atoms with Crippen molar-refractivity contribution in [1.29, 1.82) is 0 Å². The quantitative estimate of drug-likeness (QED) is 0.689. The van der Waals surface area contributed by atoms with Crippen molar-refractivity contribution in [1.82, 2.24) is 0 Å². The molecule has 0 fully saturated rings. The molecule has 0 spiro atoms. The van der Waals surface area contributed by atoms with E-state index in [1.54, 1.807) is 7.11 Å². The van der Waals surface area contributed by atoms with E-state index in [1.165, 1.54) is 16.7 Å². The first-order valence-electron chi connectivity index (χ1n) is 9.37. The van der Waals surface area contributed by atoms with Gasteiger partial charge in [0.2, 0.25) is 0 Å². The van der Waals surface area contributed by atoms with Crippen LogP contribution < -0.4 is 4.74 Å². The summed E-state index contributed by atoms with van der Waals surface area (Å²) in [5.74, 6) is 1.78. The van der Waals surface area contributed by atoms with Crippen LogP contribution in [0.25, 0.3) is 0 Å². The summed E-state index contributed by atoms with van der Waals surface area (Å²) in [6, 6.07) is 6.45. The minimum atomic E-state index is -0.102. The topological polar surface area (TPSA) is 26.3 Å².